The lowest BCUT2D eigenvalue weighted by molar-refractivity contribution is 0.661. The van der Waals surface area contributed by atoms with Crippen LogP contribution in [0.1, 0.15) is 25.0 Å². The lowest BCUT2D eigenvalue weighted by Gasteiger charge is -2.22. The first-order chi connectivity index (χ1) is 26.0. The molecule has 0 spiro atoms. The Morgan fingerprint density at radius 1 is 0.358 bits per heavy atom. The molecular formula is C49H34N4. The molecule has 0 fully saturated rings. The smallest absolute Gasteiger partial charge is 0.164 e. The third-order valence-electron chi connectivity index (χ3n) is 10.7. The highest BCUT2D eigenvalue weighted by Crippen LogP contribution is 2.50. The summed E-state index contributed by atoms with van der Waals surface area (Å²) in [4.78, 5) is 20.6. The lowest BCUT2D eigenvalue weighted by atomic mass is 9.82. The quantitative estimate of drug-likeness (QED) is 0.182. The molecule has 0 saturated heterocycles. The molecule has 0 unspecified atom stereocenters. The Bertz CT molecular complexity index is 2850. The van der Waals surface area contributed by atoms with Crippen LogP contribution in [0.25, 0.3) is 89.4 Å². The Labute approximate surface area is 308 Å². The van der Waals surface area contributed by atoms with Crippen molar-refractivity contribution in [3.05, 3.63) is 181 Å². The normalized spacial score (nSPS) is 12.9. The van der Waals surface area contributed by atoms with Gasteiger partial charge in [0.2, 0.25) is 0 Å². The zero-order chi connectivity index (χ0) is 35.5. The number of fused-ring (bicyclic) bond motifs is 5. The SMILES string of the molecule is CC1(C)c2ccccc2-c2cc3c(-c4cccc(-c5nc(-c6ccccc6)nc(-c6cccc7ccccc67)n5)c4)cc(-c4ccccc4)nc3cc21. The summed E-state index contributed by atoms with van der Waals surface area (Å²) in [5, 5.41) is 3.37. The zero-order valence-electron chi connectivity index (χ0n) is 29.5. The van der Waals surface area contributed by atoms with Gasteiger partial charge >= 0.3 is 0 Å². The van der Waals surface area contributed by atoms with E-state index in [0.29, 0.717) is 17.5 Å². The molecule has 0 atom stereocenters. The van der Waals surface area contributed by atoms with Gasteiger partial charge < -0.3 is 0 Å². The van der Waals surface area contributed by atoms with Crippen molar-refractivity contribution in [3.8, 4) is 67.7 Å². The number of pyridine rings is 1. The maximum atomic E-state index is 5.30. The van der Waals surface area contributed by atoms with Crippen molar-refractivity contribution in [2.24, 2.45) is 0 Å². The maximum absolute atomic E-state index is 5.30. The second-order valence-electron chi connectivity index (χ2n) is 14.3. The van der Waals surface area contributed by atoms with E-state index in [-0.39, 0.29) is 5.41 Å². The van der Waals surface area contributed by atoms with Crippen LogP contribution >= 0.6 is 0 Å². The zero-order valence-corrected chi connectivity index (χ0v) is 29.5. The van der Waals surface area contributed by atoms with Gasteiger partial charge in [0.15, 0.2) is 17.5 Å². The van der Waals surface area contributed by atoms with Gasteiger partial charge in [-0.05, 0) is 68.4 Å². The van der Waals surface area contributed by atoms with E-state index >= 15 is 0 Å². The number of hydrogen-bond donors (Lipinski definition) is 0. The Morgan fingerprint density at radius 3 is 1.79 bits per heavy atom. The molecule has 0 radical (unpaired) electrons. The first-order valence-corrected chi connectivity index (χ1v) is 18.1. The second-order valence-corrected chi connectivity index (χ2v) is 14.3. The molecule has 0 N–H and O–H groups in total. The second kappa shape index (κ2) is 12.2. The highest BCUT2D eigenvalue weighted by Gasteiger charge is 2.35. The minimum Gasteiger partial charge on any atom is -0.248 e. The number of nitrogens with zero attached hydrogens (tertiary/aromatic N) is 4. The summed E-state index contributed by atoms with van der Waals surface area (Å²) in [6.07, 6.45) is 0. The van der Waals surface area contributed by atoms with E-state index in [4.69, 9.17) is 19.9 Å². The summed E-state index contributed by atoms with van der Waals surface area (Å²) < 4.78 is 0. The van der Waals surface area contributed by atoms with E-state index in [2.05, 4.69) is 159 Å². The highest BCUT2D eigenvalue weighted by atomic mass is 15.0. The Morgan fingerprint density at radius 2 is 0.962 bits per heavy atom. The third kappa shape index (κ3) is 5.22. The van der Waals surface area contributed by atoms with Crippen LogP contribution in [-0.4, -0.2) is 19.9 Å². The molecule has 0 bridgehead atoms. The molecule has 250 valence electrons. The summed E-state index contributed by atoms with van der Waals surface area (Å²) >= 11 is 0. The molecule has 10 rings (SSSR count). The van der Waals surface area contributed by atoms with Crippen molar-refractivity contribution in [1.82, 2.24) is 19.9 Å². The molecular weight excluding hydrogens is 645 g/mol. The monoisotopic (exact) mass is 678 g/mol. The Balaban J connectivity index is 1.19. The van der Waals surface area contributed by atoms with E-state index < -0.39 is 0 Å². The predicted molar refractivity (Wildman–Crippen MR) is 217 cm³/mol. The fourth-order valence-corrected chi connectivity index (χ4v) is 8.00. The summed E-state index contributed by atoms with van der Waals surface area (Å²) in [7, 11) is 0. The van der Waals surface area contributed by atoms with E-state index in [1.54, 1.807) is 0 Å². The van der Waals surface area contributed by atoms with Crippen LogP contribution in [0.15, 0.2) is 170 Å². The minimum atomic E-state index is -0.123. The van der Waals surface area contributed by atoms with Gasteiger partial charge in [-0.3, -0.25) is 0 Å². The van der Waals surface area contributed by atoms with Gasteiger partial charge in [-0.25, -0.2) is 19.9 Å². The van der Waals surface area contributed by atoms with Crippen molar-refractivity contribution in [3.63, 3.8) is 0 Å². The van der Waals surface area contributed by atoms with Crippen LogP contribution in [0.4, 0.5) is 0 Å². The molecule has 1 aliphatic carbocycles. The molecule has 9 aromatic rings. The molecule has 0 amide bonds. The summed E-state index contributed by atoms with van der Waals surface area (Å²) in [6.45, 7) is 4.64. The average molecular weight is 679 g/mol. The van der Waals surface area contributed by atoms with Crippen LogP contribution in [0, 0.1) is 0 Å². The van der Waals surface area contributed by atoms with Crippen molar-refractivity contribution in [2.45, 2.75) is 19.3 Å². The number of rotatable bonds is 5. The molecule has 2 heterocycles. The van der Waals surface area contributed by atoms with Gasteiger partial charge in [0, 0.05) is 33.1 Å². The van der Waals surface area contributed by atoms with Crippen LogP contribution in [0.3, 0.4) is 0 Å². The fraction of sp³-hybridized carbons (Fsp3) is 0.0612. The topological polar surface area (TPSA) is 51.6 Å². The van der Waals surface area contributed by atoms with Crippen LogP contribution in [-0.2, 0) is 5.41 Å². The van der Waals surface area contributed by atoms with E-state index in [1.807, 2.05) is 24.3 Å². The number of hydrogen-bond acceptors (Lipinski definition) is 4. The first kappa shape index (κ1) is 31.0. The van der Waals surface area contributed by atoms with Crippen LogP contribution in [0.2, 0.25) is 0 Å². The van der Waals surface area contributed by atoms with Crippen molar-refractivity contribution in [1.29, 1.82) is 0 Å². The van der Waals surface area contributed by atoms with E-state index in [0.717, 1.165) is 60.8 Å². The molecule has 0 saturated carbocycles. The average Bonchev–Trinajstić information content (AvgIpc) is 3.45. The molecule has 7 aromatic carbocycles. The van der Waals surface area contributed by atoms with Gasteiger partial charge in [-0.2, -0.15) is 0 Å². The van der Waals surface area contributed by atoms with Crippen molar-refractivity contribution in [2.75, 3.05) is 0 Å². The number of benzene rings is 7. The fourth-order valence-electron chi connectivity index (χ4n) is 8.00. The number of aromatic nitrogens is 4. The summed E-state index contributed by atoms with van der Waals surface area (Å²) in [5.41, 5.74) is 13.1. The van der Waals surface area contributed by atoms with E-state index in [9.17, 15) is 0 Å². The Kier molecular flexibility index (Phi) is 7.12. The largest absolute Gasteiger partial charge is 0.248 e. The Hall–Kier alpha value is -6.78. The van der Waals surface area contributed by atoms with Gasteiger partial charge in [0.05, 0.1) is 11.2 Å². The van der Waals surface area contributed by atoms with Crippen LogP contribution < -0.4 is 0 Å². The summed E-state index contributed by atoms with van der Waals surface area (Å²) in [6, 6.07) is 59.6. The van der Waals surface area contributed by atoms with Gasteiger partial charge in [-0.15, -0.1) is 0 Å². The molecule has 4 heteroatoms. The molecule has 2 aromatic heterocycles. The standard InChI is InChI=1S/C49H34N4/c1-49(2)42-26-12-11-24-37(42)40-28-41-39(29-44(32-16-5-3-6-17-32)50-45(41)30-43(40)49)34-21-13-22-35(27-34)47-51-46(33-18-7-4-8-19-33)52-48(53-47)38-25-14-20-31-15-9-10-23-36(31)38/h3-30H,1-2H3. The first-order valence-electron chi connectivity index (χ1n) is 18.1. The lowest BCUT2D eigenvalue weighted by Crippen LogP contribution is -2.14. The van der Waals surface area contributed by atoms with Crippen molar-refractivity contribution >= 4 is 21.7 Å². The van der Waals surface area contributed by atoms with Crippen LogP contribution in [0.5, 0.6) is 0 Å². The summed E-state index contributed by atoms with van der Waals surface area (Å²) in [5.74, 6) is 1.91. The maximum Gasteiger partial charge on any atom is 0.164 e. The van der Waals surface area contributed by atoms with Gasteiger partial charge in [-0.1, -0.05) is 159 Å². The minimum absolute atomic E-state index is 0.123. The molecule has 53 heavy (non-hydrogen) atoms. The van der Waals surface area contributed by atoms with E-state index in [1.165, 1.54) is 22.3 Å². The highest BCUT2D eigenvalue weighted by molar-refractivity contribution is 6.02. The molecule has 4 nitrogen and oxygen atoms in total. The van der Waals surface area contributed by atoms with Gasteiger partial charge in [0.25, 0.3) is 0 Å². The van der Waals surface area contributed by atoms with Gasteiger partial charge in [0.1, 0.15) is 0 Å². The van der Waals surface area contributed by atoms with Crippen molar-refractivity contribution < 1.29 is 0 Å². The third-order valence-corrected chi connectivity index (χ3v) is 10.7. The predicted octanol–water partition coefficient (Wildman–Crippen LogP) is 12.2. The molecule has 0 aliphatic heterocycles. The molecule has 1 aliphatic rings.